The van der Waals surface area contributed by atoms with E-state index in [0.717, 1.165) is 38.5 Å². The fraction of sp³-hybridized carbons (Fsp3) is 0.950. The molecule has 2 aliphatic heterocycles. The molecule has 2 fully saturated rings. The van der Waals surface area contributed by atoms with Crippen molar-refractivity contribution in [1.82, 2.24) is 15.5 Å². The Balaban J connectivity index is 1.91. The van der Waals surface area contributed by atoms with Gasteiger partial charge in [0.25, 0.3) is 0 Å². The Labute approximate surface area is 159 Å². The van der Waals surface area contributed by atoms with Crippen LogP contribution in [0, 0.1) is 11.3 Å². The first kappa shape index (κ1) is 21.5. The third-order valence-corrected chi connectivity index (χ3v) is 5.60. The number of nitrogens with zero attached hydrogens (tertiary/aromatic N) is 2. The van der Waals surface area contributed by atoms with Crippen LogP contribution in [-0.2, 0) is 4.74 Å². The molecule has 152 valence electrons. The van der Waals surface area contributed by atoms with Crippen LogP contribution in [0.1, 0.15) is 52.9 Å². The van der Waals surface area contributed by atoms with Crippen molar-refractivity contribution in [1.29, 1.82) is 0 Å². The van der Waals surface area contributed by atoms with Gasteiger partial charge in [-0.05, 0) is 45.1 Å². The summed E-state index contributed by atoms with van der Waals surface area (Å²) in [6.07, 6.45) is 5.66. The maximum atomic E-state index is 9.39. The summed E-state index contributed by atoms with van der Waals surface area (Å²) in [4.78, 5) is 7.48. The number of aliphatic imine (C=N–C) groups is 1. The molecule has 2 unspecified atom stereocenters. The first-order valence-corrected chi connectivity index (χ1v) is 10.5. The largest absolute Gasteiger partial charge is 0.396 e. The van der Waals surface area contributed by atoms with Crippen molar-refractivity contribution in [3.8, 4) is 0 Å². The second-order valence-corrected chi connectivity index (χ2v) is 8.39. The third-order valence-electron chi connectivity index (χ3n) is 5.60. The Morgan fingerprint density at radius 1 is 1.35 bits per heavy atom. The Morgan fingerprint density at radius 3 is 2.85 bits per heavy atom. The molecule has 6 heteroatoms. The topological polar surface area (TPSA) is 69.1 Å². The standard InChI is InChI=1S/C20H40N4O2/c1-4-21-19(23-15-20(8-11-25)9-12-26-16-20)22-13-18-7-5-6-10-24(18)14-17(2)3/h17-18,25H,4-16H2,1-3H3,(H2,21,22,23). The number of nitrogens with one attached hydrogen (secondary N) is 2. The van der Waals surface area contributed by atoms with Gasteiger partial charge in [0.2, 0.25) is 0 Å². The van der Waals surface area contributed by atoms with Crippen molar-refractivity contribution < 1.29 is 9.84 Å². The molecular formula is C20H40N4O2. The number of ether oxygens (including phenoxy) is 1. The van der Waals surface area contributed by atoms with Crippen LogP contribution in [-0.4, -0.2) is 74.6 Å². The van der Waals surface area contributed by atoms with Crippen molar-refractivity contribution in [3.05, 3.63) is 0 Å². The summed E-state index contributed by atoms with van der Waals surface area (Å²) < 4.78 is 5.58. The van der Waals surface area contributed by atoms with Crippen LogP contribution in [0.25, 0.3) is 0 Å². The van der Waals surface area contributed by atoms with Crippen LogP contribution in [0.2, 0.25) is 0 Å². The zero-order valence-electron chi connectivity index (χ0n) is 17.1. The normalized spacial score (nSPS) is 27.9. The molecule has 2 heterocycles. The predicted molar refractivity (Wildman–Crippen MR) is 108 cm³/mol. The Kier molecular flexibility index (Phi) is 9.16. The number of piperidine rings is 1. The van der Waals surface area contributed by atoms with Crippen LogP contribution in [0.15, 0.2) is 4.99 Å². The van der Waals surface area contributed by atoms with Gasteiger partial charge in [-0.25, -0.2) is 0 Å². The summed E-state index contributed by atoms with van der Waals surface area (Å²) in [5, 5.41) is 16.3. The highest BCUT2D eigenvalue weighted by Crippen LogP contribution is 2.32. The highest BCUT2D eigenvalue weighted by atomic mass is 16.5. The molecule has 6 nitrogen and oxygen atoms in total. The Bertz CT molecular complexity index is 422. The number of hydrogen-bond donors (Lipinski definition) is 3. The highest BCUT2D eigenvalue weighted by Gasteiger charge is 2.34. The molecule has 0 bridgehead atoms. The number of guanidine groups is 1. The van der Waals surface area contributed by atoms with Crippen molar-refractivity contribution in [2.24, 2.45) is 16.3 Å². The fourth-order valence-corrected chi connectivity index (χ4v) is 4.09. The van der Waals surface area contributed by atoms with Crippen molar-refractivity contribution in [2.45, 2.75) is 58.9 Å². The van der Waals surface area contributed by atoms with E-state index in [2.05, 4.69) is 36.3 Å². The van der Waals surface area contributed by atoms with E-state index < -0.39 is 0 Å². The summed E-state index contributed by atoms with van der Waals surface area (Å²) in [7, 11) is 0. The van der Waals surface area contributed by atoms with E-state index in [0.29, 0.717) is 25.1 Å². The lowest BCUT2D eigenvalue weighted by atomic mass is 9.84. The van der Waals surface area contributed by atoms with E-state index in [1.54, 1.807) is 0 Å². The summed E-state index contributed by atoms with van der Waals surface area (Å²) in [5.74, 6) is 1.60. The van der Waals surface area contributed by atoms with E-state index in [1.165, 1.54) is 32.4 Å². The molecule has 2 rings (SSSR count). The molecule has 0 aromatic carbocycles. The molecule has 26 heavy (non-hydrogen) atoms. The van der Waals surface area contributed by atoms with E-state index in [-0.39, 0.29) is 12.0 Å². The van der Waals surface area contributed by atoms with Gasteiger partial charge in [-0.2, -0.15) is 0 Å². The average molecular weight is 369 g/mol. The zero-order valence-corrected chi connectivity index (χ0v) is 17.1. The van der Waals surface area contributed by atoms with Crippen LogP contribution >= 0.6 is 0 Å². The maximum Gasteiger partial charge on any atom is 0.191 e. The second kappa shape index (κ2) is 11.1. The summed E-state index contributed by atoms with van der Waals surface area (Å²) >= 11 is 0. The minimum atomic E-state index is 0.00557. The summed E-state index contributed by atoms with van der Waals surface area (Å²) in [6.45, 7) is 13.3. The van der Waals surface area contributed by atoms with Crippen molar-refractivity contribution in [3.63, 3.8) is 0 Å². The van der Waals surface area contributed by atoms with Gasteiger partial charge in [0, 0.05) is 44.3 Å². The summed E-state index contributed by atoms with van der Waals surface area (Å²) in [6, 6.07) is 0.594. The number of aliphatic hydroxyl groups is 1. The minimum Gasteiger partial charge on any atom is -0.396 e. The summed E-state index contributed by atoms with van der Waals surface area (Å²) in [5.41, 5.74) is 0.00557. The molecule has 0 radical (unpaired) electrons. The first-order chi connectivity index (χ1) is 12.6. The van der Waals surface area contributed by atoms with E-state index >= 15 is 0 Å². The lowest BCUT2D eigenvalue weighted by Gasteiger charge is -2.37. The Hall–Kier alpha value is -0.850. The number of aliphatic hydroxyl groups excluding tert-OH is 1. The van der Waals surface area contributed by atoms with Crippen molar-refractivity contribution in [2.75, 3.05) is 52.5 Å². The van der Waals surface area contributed by atoms with Crippen molar-refractivity contribution >= 4 is 5.96 Å². The van der Waals surface area contributed by atoms with Crippen LogP contribution in [0.5, 0.6) is 0 Å². The van der Waals surface area contributed by atoms with E-state index in [9.17, 15) is 5.11 Å². The number of likely N-dealkylation sites (tertiary alicyclic amines) is 1. The number of hydrogen-bond acceptors (Lipinski definition) is 4. The molecule has 0 aromatic heterocycles. The monoisotopic (exact) mass is 368 g/mol. The van der Waals surface area contributed by atoms with Gasteiger partial charge in [0.15, 0.2) is 5.96 Å². The van der Waals surface area contributed by atoms with E-state index in [1.807, 2.05) is 0 Å². The lowest BCUT2D eigenvalue weighted by molar-refractivity contribution is 0.130. The minimum absolute atomic E-state index is 0.00557. The Morgan fingerprint density at radius 2 is 2.19 bits per heavy atom. The van der Waals surface area contributed by atoms with Crippen LogP contribution in [0.3, 0.4) is 0 Å². The molecule has 3 N–H and O–H groups in total. The molecule has 2 saturated heterocycles. The first-order valence-electron chi connectivity index (χ1n) is 10.5. The smallest absolute Gasteiger partial charge is 0.191 e. The molecule has 0 saturated carbocycles. The van der Waals surface area contributed by atoms with Crippen LogP contribution in [0.4, 0.5) is 0 Å². The quantitative estimate of drug-likeness (QED) is 0.428. The van der Waals surface area contributed by atoms with Crippen LogP contribution < -0.4 is 10.6 Å². The average Bonchev–Trinajstić information content (AvgIpc) is 3.07. The molecular weight excluding hydrogens is 328 g/mol. The van der Waals surface area contributed by atoms with Gasteiger partial charge in [-0.3, -0.25) is 9.89 Å². The second-order valence-electron chi connectivity index (χ2n) is 8.39. The molecule has 2 atom stereocenters. The lowest BCUT2D eigenvalue weighted by Crippen LogP contribution is -2.50. The van der Waals surface area contributed by atoms with Gasteiger partial charge >= 0.3 is 0 Å². The van der Waals surface area contributed by atoms with Gasteiger partial charge < -0.3 is 20.5 Å². The van der Waals surface area contributed by atoms with Gasteiger partial charge in [0.1, 0.15) is 0 Å². The predicted octanol–water partition coefficient (Wildman–Crippen LogP) is 1.84. The molecule has 0 aliphatic carbocycles. The molecule has 0 spiro atoms. The van der Waals surface area contributed by atoms with Gasteiger partial charge in [-0.15, -0.1) is 0 Å². The SMILES string of the molecule is CCNC(=NCC1(CCO)CCOC1)NCC1CCCCN1CC(C)C. The molecule has 0 aromatic rings. The molecule has 0 amide bonds. The van der Waals surface area contributed by atoms with E-state index in [4.69, 9.17) is 9.73 Å². The highest BCUT2D eigenvalue weighted by molar-refractivity contribution is 5.79. The maximum absolute atomic E-state index is 9.39. The molecule has 2 aliphatic rings. The van der Waals surface area contributed by atoms with Gasteiger partial charge in [-0.1, -0.05) is 20.3 Å². The number of rotatable bonds is 9. The zero-order chi connectivity index (χ0) is 18.8. The third kappa shape index (κ3) is 6.71. The fourth-order valence-electron chi connectivity index (χ4n) is 4.09. The van der Waals surface area contributed by atoms with Gasteiger partial charge in [0.05, 0.1) is 13.2 Å².